The van der Waals surface area contributed by atoms with Gasteiger partial charge in [0.2, 0.25) is 0 Å². The summed E-state index contributed by atoms with van der Waals surface area (Å²) in [5.41, 5.74) is 3.23. The molecule has 7 heteroatoms. The lowest BCUT2D eigenvalue weighted by molar-refractivity contribution is 0.307. The molecule has 1 heterocycles. The van der Waals surface area contributed by atoms with Crippen LogP contribution in [0.2, 0.25) is 0 Å². The Labute approximate surface area is 153 Å². The number of ether oxygens (including phenoxy) is 1. The van der Waals surface area contributed by atoms with E-state index in [4.69, 9.17) is 4.74 Å². The van der Waals surface area contributed by atoms with Crippen LogP contribution in [0.1, 0.15) is 16.8 Å². The highest BCUT2D eigenvalue weighted by atomic mass is 32.2. The molecule has 0 amide bonds. The number of aryl methyl sites for hydroxylation is 3. The Morgan fingerprint density at radius 2 is 1.77 bits per heavy atom. The minimum atomic E-state index is -3.69. The number of hydrogen-bond donors (Lipinski definition) is 1. The average Bonchev–Trinajstić information content (AvgIpc) is 2.91. The molecule has 0 unspecified atom stereocenters. The van der Waals surface area contributed by atoms with Crippen molar-refractivity contribution in [2.24, 2.45) is 7.05 Å². The van der Waals surface area contributed by atoms with Crippen LogP contribution in [0, 0.1) is 13.8 Å². The molecule has 3 rings (SSSR count). The van der Waals surface area contributed by atoms with Gasteiger partial charge in [-0.15, -0.1) is 0 Å². The fourth-order valence-electron chi connectivity index (χ4n) is 2.54. The molecule has 1 aromatic heterocycles. The van der Waals surface area contributed by atoms with Gasteiger partial charge < -0.3 is 4.74 Å². The zero-order valence-electron chi connectivity index (χ0n) is 14.9. The van der Waals surface area contributed by atoms with E-state index in [2.05, 4.69) is 9.82 Å². The predicted molar refractivity (Wildman–Crippen MR) is 101 cm³/mol. The summed E-state index contributed by atoms with van der Waals surface area (Å²) >= 11 is 0. The number of nitrogens with one attached hydrogen (secondary N) is 1. The van der Waals surface area contributed by atoms with E-state index < -0.39 is 10.0 Å². The summed E-state index contributed by atoms with van der Waals surface area (Å²) in [5, 5.41) is 4.28. The van der Waals surface area contributed by atoms with Crippen molar-refractivity contribution in [3.8, 4) is 5.75 Å². The highest BCUT2D eigenvalue weighted by Crippen LogP contribution is 2.27. The van der Waals surface area contributed by atoms with E-state index in [1.54, 1.807) is 53.2 Å². The van der Waals surface area contributed by atoms with Crippen LogP contribution in [0.15, 0.2) is 59.6 Å². The van der Waals surface area contributed by atoms with Crippen molar-refractivity contribution >= 4 is 15.7 Å². The summed E-state index contributed by atoms with van der Waals surface area (Å²) in [5.74, 6) is 0.464. The molecule has 0 aliphatic carbocycles. The normalized spacial score (nSPS) is 11.3. The van der Waals surface area contributed by atoms with E-state index in [1.165, 1.54) is 0 Å². The summed E-state index contributed by atoms with van der Waals surface area (Å²) in [6.07, 6.45) is 1.88. The van der Waals surface area contributed by atoms with Crippen LogP contribution in [0.25, 0.3) is 0 Å². The van der Waals surface area contributed by atoms with Crippen LogP contribution < -0.4 is 9.46 Å². The molecule has 0 aliphatic heterocycles. The quantitative estimate of drug-likeness (QED) is 0.721. The summed E-state index contributed by atoms with van der Waals surface area (Å²) in [7, 11) is -1.84. The van der Waals surface area contributed by atoms with Crippen molar-refractivity contribution < 1.29 is 13.2 Å². The molecule has 2 aromatic carbocycles. The Kier molecular flexibility index (Phi) is 4.99. The topological polar surface area (TPSA) is 73.2 Å². The highest BCUT2D eigenvalue weighted by molar-refractivity contribution is 7.92. The van der Waals surface area contributed by atoms with Crippen LogP contribution >= 0.6 is 0 Å². The number of para-hydroxylation sites is 2. The molecule has 0 bridgehead atoms. The fraction of sp³-hybridized carbons (Fsp3) is 0.211. The monoisotopic (exact) mass is 371 g/mol. The van der Waals surface area contributed by atoms with Crippen molar-refractivity contribution in [1.29, 1.82) is 0 Å². The maximum absolute atomic E-state index is 12.6. The summed E-state index contributed by atoms with van der Waals surface area (Å²) < 4.78 is 35.4. The molecular formula is C19H21N3O3S. The Bertz CT molecular complexity index is 1010. The van der Waals surface area contributed by atoms with Gasteiger partial charge in [-0.05, 0) is 38.1 Å². The third-order valence-corrected chi connectivity index (χ3v) is 5.34. The van der Waals surface area contributed by atoms with Gasteiger partial charge in [-0.3, -0.25) is 9.40 Å². The maximum atomic E-state index is 12.6. The molecule has 0 fully saturated rings. The van der Waals surface area contributed by atoms with Crippen LogP contribution in [0.4, 0.5) is 5.69 Å². The standard InChI is InChI=1S/C19H21N3O3S/c1-14-8-10-17(11-9-14)26(23,24)21-18-6-4-5-7-19(18)25-13-16-12-22(3)20-15(16)2/h4-12,21H,13H2,1-3H3. The van der Waals surface area contributed by atoms with Crippen molar-refractivity contribution in [2.75, 3.05) is 4.72 Å². The van der Waals surface area contributed by atoms with Crippen molar-refractivity contribution in [2.45, 2.75) is 25.3 Å². The number of benzene rings is 2. The van der Waals surface area contributed by atoms with E-state index in [0.717, 1.165) is 16.8 Å². The van der Waals surface area contributed by atoms with Crippen LogP contribution in [0.3, 0.4) is 0 Å². The number of rotatable bonds is 6. The molecule has 0 aliphatic rings. The molecule has 0 radical (unpaired) electrons. The Morgan fingerprint density at radius 3 is 2.42 bits per heavy atom. The van der Waals surface area contributed by atoms with Crippen molar-refractivity contribution in [1.82, 2.24) is 9.78 Å². The summed E-state index contributed by atoms with van der Waals surface area (Å²) in [4.78, 5) is 0.209. The highest BCUT2D eigenvalue weighted by Gasteiger charge is 2.16. The molecular weight excluding hydrogens is 350 g/mol. The van der Waals surface area contributed by atoms with Crippen LogP contribution in [-0.2, 0) is 23.7 Å². The number of nitrogens with zero attached hydrogens (tertiary/aromatic N) is 2. The van der Waals surface area contributed by atoms with Gasteiger partial charge >= 0.3 is 0 Å². The smallest absolute Gasteiger partial charge is 0.262 e. The zero-order chi connectivity index (χ0) is 18.7. The van der Waals surface area contributed by atoms with E-state index in [1.807, 2.05) is 27.1 Å². The Hall–Kier alpha value is -2.80. The van der Waals surface area contributed by atoms with E-state index >= 15 is 0 Å². The third kappa shape index (κ3) is 4.05. The summed E-state index contributed by atoms with van der Waals surface area (Å²) in [6, 6.07) is 13.7. The minimum absolute atomic E-state index is 0.209. The van der Waals surface area contributed by atoms with Gasteiger partial charge in [-0.1, -0.05) is 29.8 Å². The molecule has 0 saturated carbocycles. The van der Waals surface area contributed by atoms with Crippen LogP contribution in [-0.4, -0.2) is 18.2 Å². The molecule has 136 valence electrons. The number of sulfonamides is 1. The first kappa shape index (κ1) is 18.0. The SMILES string of the molecule is Cc1ccc(S(=O)(=O)Nc2ccccc2OCc2cn(C)nc2C)cc1. The zero-order valence-corrected chi connectivity index (χ0v) is 15.7. The second-order valence-corrected chi connectivity index (χ2v) is 7.80. The number of anilines is 1. The number of aromatic nitrogens is 2. The first-order chi connectivity index (χ1) is 12.3. The predicted octanol–water partition coefficient (Wildman–Crippen LogP) is 3.42. The second kappa shape index (κ2) is 7.21. The fourth-order valence-corrected chi connectivity index (χ4v) is 3.61. The van der Waals surface area contributed by atoms with Gasteiger partial charge in [0.1, 0.15) is 12.4 Å². The molecule has 0 spiro atoms. The van der Waals surface area contributed by atoms with Crippen molar-refractivity contribution in [3.05, 3.63) is 71.5 Å². The molecule has 1 N–H and O–H groups in total. The summed E-state index contributed by atoms with van der Waals surface area (Å²) in [6.45, 7) is 4.13. The first-order valence-electron chi connectivity index (χ1n) is 8.15. The van der Waals surface area contributed by atoms with Gasteiger partial charge in [-0.25, -0.2) is 8.42 Å². The molecule has 0 saturated heterocycles. The molecule has 0 atom stereocenters. The van der Waals surface area contributed by atoms with E-state index in [-0.39, 0.29) is 4.90 Å². The van der Waals surface area contributed by atoms with Gasteiger partial charge in [0.15, 0.2) is 0 Å². The lowest BCUT2D eigenvalue weighted by Gasteiger charge is -2.13. The van der Waals surface area contributed by atoms with E-state index in [0.29, 0.717) is 18.0 Å². The van der Waals surface area contributed by atoms with Gasteiger partial charge in [0.05, 0.1) is 16.3 Å². The molecule has 3 aromatic rings. The molecule has 6 nitrogen and oxygen atoms in total. The van der Waals surface area contributed by atoms with Gasteiger partial charge in [0.25, 0.3) is 10.0 Å². The second-order valence-electron chi connectivity index (χ2n) is 6.12. The average molecular weight is 371 g/mol. The Balaban J connectivity index is 1.80. The van der Waals surface area contributed by atoms with E-state index in [9.17, 15) is 8.42 Å². The first-order valence-corrected chi connectivity index (χ1v) is 9.64. The lowest BCUT2D eigenvalue weighted by atomic mass is 10.2. The van der Waals surface area contributed by atoms with Crippen molar-refractivity contribution in [3.63, 3.8) is 0 Å². The van der Waals surface area contributed by atoms with Gasteiger partial charge in [0, 0.05) is 18.8 Å². The lowest BCUT2D eigenvalue weighted by Crippen LogP contribution is -2.14. The van der Waals surface area contributed by atoms with Gasteiger partial charge in [-0.2, -0.15) is 5.10 Å². The molecule has 26 heavy (non-hydrogen) atoms. The van der Waals surface area contributed by atoms with Crippen LogP contribution in [0.5, 0.6) is 5.75 Å². The maximum Gasteiger partial charge on any atom is 0.262 e. The Morgan fingerprint density at radius 1 is 1.08 bits per heavy atom. The number of hydrogen-bond acceptors (Lipinski definition) is 4. The third-order valence-electron chi connectivity index (χ3n) is 3.96. The minimum Gasteiger partial charge on any atom is -0.487 e. The largest absolute Gasteiger partial charge is 0.487 e.